The molecular formula is C13H20FN3O. The first kappa shape index (κ1) is 13.2. The van der Waals surface area contributed by atoms with E-state index in [1.165, 1.54) is 18.7 Å². The van der Waals surface area contributed by atoms with Crippen LogP contribution in [-0.4, -0.2) is 31.3 Å². The number of anilines is 1. The minimum atomic E-state index is -0.346. The van der Waals surface area contributed by atoms with Crippen molar-refractivity contribution in [3.05, 3.63) is 23.6 Å². The molecule has 1 atom stereocenters. The molecule has 0 saturated carbocycles. The van der Waals surface area contributed by atoms with E-state index in [-0.39, 0.29) is 18.5 Å². The summed E-state index contributed by atoms with van der Waals surface area (Å²) in [7, 11) is 1.94. The normalized spacial score (nSPS) is 19.8. The van der Waals surface area contributed by atoms with E-state index in [1.54, 1.807) is 0 Å². The van der Waals surface area contributed by atoms with Crippen molar-refractivity contribution in [2.45, 2.75) is 31.9 Å². The topological polar surface area (TPSA) is 51.4 Å². The lowest BCUT2D eigenvalue weighted by molar-refractivity contribution is 0.0215. The molecule has 5 heteroatoms. The van der Waals surface area contributed by atoms with E-state index in [0.29, 0.717) is 0 Å². The predicted molar refractivity (Wildman–Crippen MR) is 68.9 cm³/mol. The Balaban J connectivity index is 2.05. The quantitative estimate of drug-likeness (QED) is 0.887. The Kier molecular flexibility index (Phi) is 4.49. The number of hydrogen-bond donors (Lipinski definition) is 1. The van der Waals surface area contributed by atoms with Gasteiger partial charge in [0, 0.05) is 32.3 Å². The van der Waals surface area contributed by atoms with Crippen LogP contribution in [0.4, 0.5) is 10.2 Å². The lowest BCUT2D eigenvalue weighted by Crippen LogP contribution is -2.34. The van der Waals surface area contributed by atoms with E-state index >= 15 is 0 Å². The highest BCUT2D eigenvalue weighted by molar-refractivity contribution is 5.46. The second-order valence-corrected chi connectivity index (χ2v) is 4.71. The van der Waals surface area contributed by atoms with Gasteiger partial charge in [-0.05, 0) is 25.3 Å². The minimum absolute atomic E-state index is 0.237. The monoisotopic (exact) mass is 253 g/mol. The number of nitrogens with zero attached hydrogens (tertiary/aromatic N) is 2. The van der Waals surface area contributed by atoms with Gasteiger partial charge >= 0.3 is 0 Å². The molecule has 1 aliphatic rings. The number of rotatable bonds is 4. The average Bonchev–Trinajstić information content (AvgIpc) is 2.39. The SMILES string of the molecule is CN(CC1CCCCO1)c1ncc(F)cc1CN. The van der Waals surface area contributed by atoms with Crippen molar-refractivity contribution in [2.24, 2.45) is 5.73 Å². The van der Waals surface area contributed by atoms with Gasteiger partial charge in [-0.3, -0.25) is 0 Å². The fourth-order valence-electron chi connectivity index (χ4n) is 2.31. The standard InChI is InChI=1S/C13H20FN3O/c1-17(9-12-4-2-3-5-18-12)13-10(7-15)6-11(14)8-16-13/h6,8,12H,2-5,7,9,15H2,1H3. The van der Waals surface area contributed by atoms with Crippen LogP contribution < -0.4 is 10.6 Å². The summed E-state index contributed by atoms with van der Waals surface area (Å²) in [4.78, 5) is 6.13. The highest BCUT2D eigenvalue weighted by Crippen LogP contribution is 2.20. The Morgan fingerprint density at radius 3 is 3.06 bits per heavy atom. The van der Waals surface area contributed by atoms with Crippen molar-refractivity contribution in [3.8, 4) is 0 Å². The molecule has 0 amide bonds. The van der Waals surface area contributed by atoms with Gasteiger partial charge in [0.15, 0.2) is 0 Å². The highest BCUT2D eigenvalue weighted by Gasteiger charge is 2.18. The van der Waals surface area contributed by atoms with Crippen LogP contribution in [0.1, 0.15) is 24.8 Å². The molecule has 1 aromatic heterocycles. The molecule has 4 nitrogen and oxygen atoms in total. The lowest BCUT2D eigenvalue weighted by atomic mass is 10.1. The van der Waals surface area contributed by atoms with Crippen LogP contribution in [0.15, 0.2) is 12.3 Å². The summed E-state index contributed by atoms with van der Waals surface area (Å²) in [6.45, 7) is 1.89. The van der Waals surface area contributed by atoms with Gasteiger partial charge in [0.05, 0.1) is 12.3 Å². The Bertz CT molecular complexity index is 394. The molecule has 1 fully saturated rings. The fraction of sp³-hybridized carbons (Fsp3) is 0.615. The van der Waals surface area contributed by atoms with E-state index in [1.807, 2.05) is 11.9 Å². The Labute approximate surface area is 107 Å². The van der Waals surface area contributed by atoms with E-state index in [4.69, 9.17) is 10.5 Å². The van der Waals surface area contributed by atoms with Crippen LogP contribution in [-0.2, 0) is 11.3 Å². The van der Waals surface area contributed by atoms with Gasteiger partial charge in [0.2, 0.25) is 0 Å². The molecule has 0 spiro atoms. The van der Waals surface area contributed by atoms with E-state index in [9.17, 15) is 4.39 Å². The zero-order valence-electron chi connectivity index (χ0n) is 10.7. The number of halogens is 1. The summed E-state index contributed by atoms with van der Waals surface area (Å²) in [5.74, 6) is 0.398. The van der Waals surface area contributed by atoms with Crippen molar-refractivity contribution in [3.63, 3.8) is 0 Å². The summed E-state index contributed by atoms with van der Waals surface area (Å²) in [6.07, 6.45) is 4.89. The maximum absolute atomic E-state index is 13.1. The molecule has 0 aliphatic carbocycles. The van der Waals surface area contributed by atoms with Crippen molar-refractivity contribution in [1.29, 1.82) is 0 Å². The third kappa shape index (κ3) is 3.17. The van der Waals surface area contributed by atoms with E-state index in [0.717, 1.165) is 37.4 Å². The molecule has 1 unspecified atom stereocenters. The molecule has 2 rings (SSSR count). The molecule has 2 heterocycles. The first-order valence-electron chi connectivity index (χ1n) is 6.38. The number of nitrogens with two attached hydrogens (primary N) is 1. The van der Waals surface area contributed by atoms with Gasteiger partial charge in [-0.1, -0.05) is 0 Å². The summed E-state index contributed by atoms with van der Waals surface area (Å²) in [5.41, 5.74) is 6.36. The molecule has 0 aromatic carbocycles. The largest absolute Gasteiger partial charge is 0.376 e. The van der Waals surface area contributed by atoms with Gasteiger partial charge in [0.1, 0.15) is 11.6 Å². The van der Waals surface area contributed by atoms with Gasteiger partial charge in [-0.2, -0.15) is 0 Å². The average molecular weight is 253 g/mol. The third-order valence-electron chi connectivity index (χ3n) is 3.24. The van der Waals surface area contributed by atoms with Crippen LogP contribution in [0.3, 0.4) is 0 Å². The number of likely N-dealkylation sites (N-methyl/N-ethyl adjacent to an activating group) is 1. The molecule has 1 aromatic rings. The van der Waals surface area contributed by atoms with Crippen LogP contribution >= 0.6 is 0 Å². The van der Waals surface area contributed by atoms with Crippen LogP contribution in [0.2, 0.25) is 0 Å². The van der Waals surface area contributed by atoms with Gasteiger partial charge in [-0.15, -0.1) is 0 Å². The lowest BCUT2D eigenvalue weighted by Gasteiger charge is -2.29. The Hall–Kier alpha value is -1.20. The van der Waals surface area contributed by atoms with Crippen LogP contribution in [0.5, 0.6) is 0 Å². The summed E-state index contributed by atoms with van der Waals surface area (Å²) in [6, 6.07) is 1.45. The zero-order valence-corrected chi connectivity index (χ0v) is 10.7. The number of ether oxygens (including phenoxy) is 1. The number of pyridine rings is 1. The molecular weight excluding hydrogens is 233 g/mol. The second-order valence-electron chi connectivity index (χ2n) is 4.71. The van der Waals surface area contributed by atoms with E-state index in [2.05, 4.69) is 4.98 Å². The van der Waals surface area contributed by atoms with Gasteiger partial charge < -0.3 is 15.4 Å². The Morgan fingerprint density at radius 2 is 2.39 bits per heavy atom. The zero-order chi connectivity index (χ0) is 13.0. The maximum atomic E-state index is 13.1. The second kappa shape index (κ2) is 6.11. The first-order chi connectivity index (χ1) is 8.70. The molecule has 1 aliphatic heterocycles. The molecule has 100 valence electrons. The van der Waals surface area contributed by atoms with Crippen molar-refractivity contribution >= 4 is 5.82 Å². The summed E-state index contributed by atoms with van der Waals surface area (Å²) >= 11 is 0. The predicted octanol–water partition coefficient (Wildman–Crippen LogP) is 1.68. The first-order valence-corrected chi connectivity index (χ1v) is 6.38. The van der Waals surface area contributed by atoms with Crippen LogP contribution in [0.25, 0.3) is 0 Å². The smallest absolute Gasteiger partial charge is 0.141 e. The summed E-state index contributed by atoms with van der Waals surface area (Å²) in [5, 5.41) is 0. The van der Waals surface area contributed by atoms with Crippen molar-refractivity contribution in [1.82, 2.24) is 4.98 Å². The van der Waals surface area contributed by atoms with Gasteiger partial charge in [-0.25, -0.2) is 9.37 Å². The van der Waals surface area contributed by atoms with Crippen molar-refractivity contribution < 1.29 is 9.13 Å². The highest BCUT2D eigenvalue weighted by atomic mass is 19.1. The molecule has 0 radical (unpaired) electrons. The van der Waals surface area contributed by atoms with Gasteiger partial charge in [0.25, 0.3) is 0 Å². The molecule has 0 bridgehead atoms. The van der Waals surface area contributed by atoms with Crippen LogP contribution in [0, 0.1) is 5.82 Å². The minimum Gasteiger partial charge on any atom is -0.376 e. The number of aromatic nitrogens is 1. The third-order valence-corrected chi connectivity index (χ3v) is 3.24. The fourth-order valence-corrected chi connectivity index (χ4v) is 2.31. The maximum Gasteiger partial charge on any atom is 0.141 e. The van der Waals surface area contributed by atoms with E-state index < -0.39 is 0 Å². The Morgan fingerprint density at radius 1 is 1.56 bits per heavy atom. The molecule has 2 N–H and O–H groups in total. The summed E-state index contributed by atoms with van der Waals surface area (Å²) < 4.78 is 18.8. The molecule has 1 saturated heterocycles. The van der Waals surface area contributed by atoms with Crippen molar-refractivity contribution in [2.75, 3.05) is 25.1 Å². The molecule has 18 heavy (non-hydrogen) atoms. The number of hydrogen-bond acceptors (Lipinski definition) is 4.